The van der Waals surface area contributed by atoms with Gasteiger partial charge in [-0.15, -0.1) is 0 Å². The molecule has 3 aromatic rings. The van der Waals surface area contributed by atoms with Gasteiger partial charge in [-0.05, 0) is 23.6 Å². The van der Waals surface area contributed by atoms with Gasteiger partial charge in [0, 0.05) is 31.8 Å². The average Bonchev–Trinajstić information content (AvgIpc) is 2.79. The summed E-state index contributed by atoms with van der Waals surface area (Å²) < 4.78 is 2.36. The quantitative estimate of drug-likeness (QED) is 0.643. The third-order valence-corrected chi connectivity index (χ3v) is 5.44. The number of carbonyl (C=O) groups excluding carboxylic acids is 2. The van der Waals surface area contributed by atoms with Gasteiger partial charge in [-0.1, -0.05) is 54.6 Å². The van der Waals surface area contributed by atoms with Gasteiger partial charge in [0.1, 0.15) is 5.82 Å². The lowest BCUT2D eigenvalue weighted by Gasteiger charge is -2.21. The maximum Gasteiger partial charge on any atom is 0.332 e. The zero-order valence-electron chi connectivity index (χ0n) is 17.2. The number of allylic oxidation sites excluding steroid dienone is 1. The predicted molar refractivity (Wildman–Crippen MR) is 118 cm³/mol. The van der Waals surface area contributed by atoms with Crippen LogP contribution in [0.3, 0.4) is 0 Å². The normalized spacial score (nSPS) is 13.0. The van der Waals surface area contributed by atoms with Crippen LogP contribution in [0.15, 0.2) is 70.3 Å². The SMILES string of the molecule is Cn1c(NCCc2ccccc2)c(C2=CC(=O)C(=O)c3ccccc32)c(=O)n(C)c1=O. The van der Waals surface area contributed by atoms with Crippen LogP contribution < -0.4 is 16.6 Å². The van der Waals surface area contributed by atoms with Crippen molar-refractivity contribution < 1.29 is 9.59 Å². The first kappa shape index (κ1) is 20.3. The lowest BCUT2D eigenvalue weighted by atomic mass is 9.86. The van der Waals surface area contributed by atoms with Gasteiger partial charge in [0.2, 0.25) is 11.6 Å². The number of fused-ring (bicyclic) bond motifs is 1. The summed E-state index contributed by atoms with van der Waals surface area (Å²) in [5.41, 5.74) is 1.35. The molecule has 1 aromatic heterocycles. The Kier molecular flexibility index (Phi) is 5.25. The van der Waals surface area contributed by atoms with E-state index in [1.54, 1.807) is 31.3 Å². The van der Waals surface area contributed by atoms with Gasteiger partial charge < -0.3 is 5.32 Å². The first-order chi connectivity index (χ1) is 14.9. The number of rotatable bonds is 5. The maximum absolute atomic E-state index is 13.2. The first-order valence-electron chi connectivity index (χ1n) is 9.88. The topological polar surface area (TPSA) is 90.2 Å². The molecule has 7 heteroatoms. The van der Waals surface area contributed by atoms with Crippen LogP contribution in [0.4, 0.5) is 5.82 Å². The van der Waals surface area contributed by atoms with Crippen LogP contribution in [-0.2, 0) is 25.3 Å². The van der Waals surface area contributed by atoms with Crippen LogP contribution in [0.25, 0.3) is 5.57 Å². The molecule has 0 unspecified atom stereocenters. The van der Waals surface area contributed by atoms with Crippen LogP contribution >= 0.6 is 0 Å². The molecule has 0 saturated heterocycles. The third kappa shape index (κ3) is 3.54. The molecule has 7 nitrogen and oxygen atoms in total. The molecule has 0 fully saturated rings. The lowest BCUT2D eigenvalue weighted by molar-refractivity contribution is -0.111. The van der Waals surface area contributed by atoms with Crippen molar-refractivity contribution in [1.82, 2.24) is 9.13 Å². The van der Waals surface area contributed by atoms with Crippen molar-refractivity contribution in [3.05, 3.63) is 104 Å². The Morgan fingerprint density at radius 1 is 0.806 bits per heavy atom. The van der Waals surface area contributed by atoms with Crippen molar-refractivity contribution in [2.45, 2.75) is 6.42 Å². The molecule has 1 aliphatic carbocycles. The van der Waals surface area contributed by atoms with Gasteiger partial charge in [0.25, 0.3) is 5.56 Å². The number of aromatic nitrogens is 2. The monoisotopic (exact) mass is 415 g/mol. The van der Waals surface area contributed by atoms with E-state index in [2.05, 4.69) is 5.32 Å². The Hall–Kier alpha value is -4.00. The first-order valence-corrected chi connectivity index (χ1v) is 9.88. The summed E-state index contributed by atoms with van der Waals surface area (Å²) in [7, 11) is 2.96. The van der Waals surface area contributed by atoms with Gasteiger partial charge in [0.05, 0.1) is 5.56 Å². The molecule has 1 aliphatic rings. The van der Waals surface area contributed by atoms with Gasteiger partial charge in [-0.3, -0.25) is 23.5 Å². The fourth-order valence-corrected chi connectivity index (χ4v) is 3.79. The number of Topliss-reactive ketones (excluding diaryl/α,β-unsaturated/α-hetero) is 1. The number of benzene rings is 2. The van der Waals surface area contributed by atoms with Crippen LogP contribution in [-0.4, -0.2) is 27.2 Å². The Balaban J connectivity index is 1.85. The molecule has 0 aliphatic heterocycles. The van der Waals surface area contributed by atoms with E-state index in [0.29, 0.717) is 29.9 Å². The Morgan fingerprint density at radius 3 is 2.16 bits per heavy atom. The van der Waals surface area contributed by atoms with Crippen molar-refractivity contribution >= 4 is 23.0 Å². The zero-order valence-corrected chi connectivity index (χ0v) is 17.2. The van der Waals surface area contributed by atoms with Gasteiger partial charge in [-0.2, -0.15) is 0 Å². The molecule has 0 radical (unpaired) electrons. The van der Waals surface area contributed by atoms with E-state index < -0.39 is 22.8 Å². The molecule has 31 heavy (non-hydrogen) atoms. The van der Waals surface area contributed by atoms with Crippen molar-refractivity contribution in [1.29, 1.82) is 0 Å². The summed E-state index contributed by atoms with van der Waals surface area (Å²) in [6, 6.07) is 16.5. The number of carbonyl (C=O) groups is 2. The van der Waals surface area contributed by atoms with Crippen LogP contribution in [0.2, 0.25) is 0 Å². The largest absolute Gasteiger partial charge is 0.370 e. The van der Waals surface area contributed by atoms with Gasteiger partial charge >= 0.3 is 5.69 Å². The molecule has 2 aromatic carbocycles. The van der Waals surface area contributed by atoms with E-state index >= 15 is 0 Å². The van der Waals surface area contributed by atoms with Gasteiger partial charge in [0.15, 0.2) is 0 Å². The summed E-state index contributed by atoms with van der Waals surface area (Å²) in [5, 5.41) is 3.21. The Bertz CT molecular complexity index is 1350. The summed E-state index contributed by atoms with van der Waals surface area (Å²) in [6.07, 6.45) is 1.87. The van der Waals surface area contributed by atoms with Crippen molar-refractivity contribution in [3.63, 3.8) is 0 Å². The Morgan fingerprint density at radius 2 is 1.45 bits per heavy atom. The van der Waals surface area contributed by atoms with Crippen molar-refractivity contribution in [2.75, 3.05) is 11.9 Å². The summed E-state index contributed by atoms with van der Waals surface area (Å²) in [6.45, 7) is 0.471. The van der Waals surface area contributed by atoms with Crippen LogP contribution in [0.1, 0.15) is 27.0 Å². The fraction of sp³-hybridized carbons (Fsp3) is 0.167. The molecule has 0 atom stereocenters. The minimum atomic E-state index is -0.695. The molecule has 156 valence electrons. The smallest absolute Gasteiger partial charge is 0.332 e. The van der Waals surface area contributed by atoms with Crippen molar-refractivity contribution in [2.24, 2.45) is 14.1 Å². The fourth-order valence-electron chi connectivity index (χ4n) is 3.79. The molecule has 4 rings (SSSR count). The highest BCUT2D eigenvalue weighted by Crippen LogP contribution is 2.32. The average molecular weight is 415 g/mol. The predicted octanol–water partition coefficient (Wildman–Crippen LogP) is 1.94. The summed E-state index contributed by atoms with van der Waals surface area (Å²) in [4.78, 5) is 50.5. The molecule has 0 bridgehead atoms. The molecule has 0 spiro atoms. The summed E-state index contributed by atoms with van der Waals surface area (Å²) >= 11 is 0. The van der Waals surface area contributed by atoms with Crippen molar-refractivity contribution in [3.8, 4) is 0 Å². The maximum atomic E-state index is 13.2. The van der Waals surface area contributed by atoms with Crippen LogP contribution in [0.5, 0.6) is 0 Å². The van der Waals surface area contributed by atoms with E-state index in [9.17, 15) is 19.2 Å². The number of nitrogens with one attached hydrogen (secondary N) is 1. The zero-order chi connectivity index (χ0) is 22.1. The number of hydrogen-bond donors (Lipinski definition) is 1. The number of ketones is 2. The third-order valence-electron chi connectivity index (χ3n) is 5.44. The van der Waals surface area contributed by atoms with E-state index in [-0.39, 0.29) is 11.1 Å². The second-order valence-electron chi connectivity index (χ2n) is 7.39. The van der Waals surface area contributed by atoms with E-state index in [1.165, 1.54) is 17.7 Å². The number of hydrogen-bond acceptors (Lipinski definition) is 5. The molecule has 0 saturated carbocycles. The summed E-state index contributed by atoms with van der Waals surface area (Å²) in [5.74, 6) is -0.994. The van der Waals surface area contributed by atoms with Crippen LogP contribution in [0, 0.1) is 0 Å². The Labute approximate surface area is 178 Å². The van der Waals surface area contributed by atoms with E-state index in [1.807, 2.05) is 30.3 Å². The highest BCUT2D eigenvalue weighted by Gasteiger charge is 2.30. The molecule has 1 heterocycles. The molecule has 1 N–H and O–H groups in total. The standard InChI is InChI=1S/C24H21N3O4/c1-26-22(25-13-12-15-8-4-3-5-9-15)20(23(30)27(2)24(26)31)18-14-19(28)21(29)17-11-7-6-10-16(17)18/h3-11,14,25H,12-13H2,1-2H3. The highest BCUT2D eigenvalue weighted by molar-refractivity contribution is 6.51. The minimum Gasteiger partial charge on any atom is -0.370 e. The highest BCUT2D eigenvalue weighted by atomic mass is 16.2. The van der Waals surface area contributed by atoms with Gasteiger partial charge in [-0.25, -0.2) is 4.79 Å². The van der Waals surface area contributed by atoms with E-state index in [0.717, 1.165) is 10.1 Å². The number of anilines is 1. The lowest BCUT2D eigenvalue weighted by Crippen LogP contribution is -2.41. The molecular weight excluding hydrogens is 394 g/mol. The number of nitrogens with zero attached hydrogens (tertiary/aromatic N) is 2. The molecular formula is C24H21N3O4. The minimum absolute atomic E-state index is 0.186. The second kappa shape index (κ2) is 8.02. The molecule has 0 amide bonds. The second-order valence-corrected chi connectivity index (χ2v) is 7.39. The van der Waals surface area contributed by atoms with E-state index in [4.69, 9.17) is 0 Å².